The lowest BCUT2D eigenvalue weighted by atomic mass is 10.2. The minimum atomic E-state index is -0.487. The van der Waals surface area contributed by atoms with Crippen LogP contribution in [0.1, 0.15) is 10.4 Å². The number of aromatic nitrogens is 3. The minimum absolute atomic E-state index is 0.402. The van der Waals surface area contributed by atoms with E-state index < -0.39 is 5.91 Å². The van der Waals surface area contributed by atoms with Gasteiger partial charge in [-0.15, -0.1) is 0 Å². The third-order valence-electron chi connectivity index (χ3n) is 2.68. The first-order valence-electron chi connectivity index (χ1n) is 5.44. The Bertz CT molecular complexity index is 718. The number of hydrogen-bond donors (Lipinski definition) is 1. The van der Waals surface area contributed by atoms with Crippen LogP contribution in [0.3, 0.4) is 0 Å². The zero-order valence-corrected chi connectivity index (χ0v) is 9.45. The molecule has 5 heteroatoms. The highest BCUT2D eigenvalue weighted by Crippen LogP contribution is 2.18. The summed E-state index contributed by atoms with van der Waals surface area (Å²) in [6, 6.07) is 9.02. The van der Waals surface area contributed by atoms with Crippen LogP contribution in [0.4, 0.5) is 0 Å². The van der Waals surface area contributed by atoms with E-state index in [1.807, 2.05) is 30.6 Å². The number of carbonyl (C=O) groups excluding carboxylic acids is 1. The second-order valence-electron chi connectivity index (χ2n) is 3.86. The van der Waals surface area contributed by atoms with Crippen molar-refractivity contribution in [3.8, 4) is 11.4 Å². The molecule has 18 heavy (non-hydrogen) atoms. The molecule has 0 radical (unpaired) electrons. The second kappa shape index (κ2) is 3.96. The van der Waals surface area contributed by atoms with E-state index in [0.29, 0.717) is 16.9 Å². The Morgan fingerprint density at radius 1 is 1.17 bits per heavy atom. The van der Waals surface area contributed by atoms with E-state index >= 15 is 0 Å². The molecule has 3 aromatic heterocycles. The van der Waals surface area contributed by atoms with Gasteiger partial charge < -0.3 is 10.1 Å². The molecular weight excluding hydrogens is 228 g/mol. The molecule has 2 N–H and O–H groups in total. The fraction of sp³-hybridized carbons (Fsp3) is 0. The lowest BCUT2D eigenvalue weighted by molar-refractivity contribution is 0.100. The van der Waals surface area contributed by atoms with Crippen LogP contribution in [0.2, 0.25) is 0 Å². The van der Waals surface area contributed by atoms with Crippen molar-refractivity contribution in [1.82, 2.24) is 14.4 Å². The lowest BCUT2D eigenvalue weighted by Crippen LogP contribution is -2.12. The molecule has 1 amide bonds. The molecule has 88 valence electrons. The summed E-state index contributed by atoms with van der Waals surface area (Å²) >= 11 is 0. The fourth-order valence-corrected chi connectivity index (χ4v) is 1.84. The van der Waals surface area contributed by atoms with Gasteiger partial charge in [0.25, 0.3) is 5.91 Å². The molecule has 0 atom stereocenters. The Morgan fingerprint density at radius 3 is 2.78 bits per heavy atom. The monoisotopic (exact) mass is 238 g/mol. The SMILES string of the molecule is NC(=O)c1cccn2cc(-c3ccccn3)nc12. The zero-order chi connectivity index (χ0) is 12.5. The van der Waals surface area contributed by atoms with Gasteiger partial charge >= 0.3 is 0 Å². The quantitative estimate of drug-likeness (QED) is 0.735. The Hall–Kier alpha value is -2.69. The molecule has 0 fully saturated rings. The zero-order valence-electron chi connectivity index (χ0n) is 9.45. The van der Waals surface area contributed by atoms with E-state index in [0.717, 1.165) is 5.69 Å². The minimum Gasteiger partial charge on any atom is -0.365 e. The van der Waals surface area contributed by atoms with E-state index in [4.69, 9.17) is 5.73 Å². The molecule has 3 aromatic rings. The number of hydrogen-bond acceptors (Lipinski definition) is 3. The smallest absolute Gasteiger partial charge is 0.252 e. The van der Waals surface area contributed by atoms with Gasteiger partial charge in [0.2, 0.25) is 0 Å². The van der Waals surface area contributed by atoms with E-state index in [2.05, 4.69) is 9.97 Å². The molecule has 0 saturated carbocycles. The highest BCUT2D eigenvalue weighted by Gasteiger charge is 2.11. The number of nitrogens with zero attached hydrogens (tertiary/aromatic N) is 3. The highest BCUT2D eigenvalue weighted by atomic mass is 16.1. The summed E-state index contributed by atoms with van der Waals surface area (Å²) in [5, 5.41) is 0. The number of fused-ring (bicyclic) bond motifs is 1. The van der Waals surface area contributed by atoms with Crippen LogP contribution in [0.5, 0.6) is 0 Å². The Balaban J connectivity index is 2.23. The molecule has 0 bridgehead atoms. The molecule has 0 aliphatic rings. The van der Waals surface area contributed by atoms with Crippen molar-refractivity contribution in [3.63, 3.8) is 0 Å². The summed E-state index contributed by atoms with van der Waals surface area (Å²) in [7, 11) is 0. The first-order chi connectivity index (χ1) is 8.75. The maximum atomic E-state index is 11.3. The largest absolute Gasteiger partial charge is 0.365 e. The number of primary amides is 1. The third kappa shape index (κ3) is 1.62. The van der Waals surface area contributed by atoms with Crippen LogP contribution in [-0.4, -0.2) is 20.3 Å². The van der Waals surface area contributed by atoms with E-state index in [9.17, 15) is 4.79 Å². The van der Waals surface area contributed by atoms with Crippen molar-refractivity contribution < 1.29 is 4.79 Å². The molecule has 0 spiro atoms. The summed E-state index contributed by atoms with van der Waals surface area (Å²) in [5.41, 5.74) is 7.74. The molecule has 0 aliphatic carbocycles. The molecule has 3 rings (SSSR count). The first-order valence-corrected chi connectivity index (χ1v) is 5.44. The predicted octanol–water partition coefficient (Wildman–Crippen LogP) is 1.50. The topological polar surface area (TPSA) is 73.3 Å². The van der Waals surface area contributed by atoms with Crippen LogP contribution in [0.15, 0.2) is 48.9 Å². The maximum absolute atomic E-state index is 11.3. The van der Waals surface area contributed by atoms with Gasteiger partial charge in [0.05, 0.1) is 11.3 Å². The predicted molar refractivity (Wildman–Crippen MR) is 66.9 cm³/mol. The van der Waals surface area contributed by atoms with Gasteiger partial charge in [-0.25, -0.2) is 4.98 Å². The number of nitrogens with two attached hydrogens (primary N) is 1. The van der Waals surface area contributed by atoms with Gasteiger partial charge in [-0.2, -0.15) is 0 Å². The molecule has 5 nitrogen and oxygen atoms in total. The van der Waals surface area contributed by atoms with Crippen molar-refractivity contribution in [2.45, 2.75) is 0 Å². The number of pyridine rings is 2. The molecule has 0 aromatic carbocycles. The summed E-state index contributed by atoms with van der Waals surface area (Å²) in [6.07, 6.45) is 5.35. The van der Waals surface area contributed by atoms with Crippen LogP contribution in [0.25, 0.3) is 17.0 Å². The first kappa shape index (κ1) is 10.5. The highest BCUT2D eigenvalue weighted by molar-refractivity contribution is 5.98. The summed E-state index contributed by atoms with van der Waals surface area (Å²) in [6.45, 7) is 0. The second-order valence-corrected chi connectivity index (χ2v) is 3.86. The number of rotatable bonds is 2. The maximum Gasteiger partial charge on any atom is 0.252 e. The lowest BCUT2D eigenvalue weighted by Gasteiger charge is -1.97. The van der Waals surface area contributed by atoms with Gasteiger partial charge in [-0.05, 0) is 24.3 Å². The van der Waals surface area contributed by atoms with Gasteiger partial charge in [0.15, 0.2) is 0 Å². The normalized spacial score (nSPS) is 10.7. The Labute approximate surface area is 103 Å². The van der Waals surface area contributed by atoms with Gasteiger partial charge in [-0.1, -0.05) is 6.07 Å². The standard InChI is InChI=1S/C13H10N4O/c14-12(18)9-4-3-7-17-8-11(16-13(9)17)10-5-1-2-6-15-10/h1-8H,(H2,14,18). The van der Waals surface area contributed by atoms with Crippen molar-refractivity contribution in [2.24, 2.45) is 5.73 Å². The number of imidazole rings is 1. The molecule has 0 unspecified atom stereocenters. The van der Waals surface area contributed by atoms with E-state index in [1.165, 1.54) is 0 Å². The molecular formula is C13H10N4O. The van der Waals surface area contributed by atoms with Crippen LogP contribution in [0, 0.1) is 0 Å². The number of carbonyl (C=O) groups is 1. The van der Waals surface area contributed by atoms with Gasteiger partial charge in [0.1, 0.15) is 11.3 Å². The van der Waals surface area contributed by atoms with Gasteiger partial charge in [0, 0.05) is 18.6 Å². The summed E-state index contributed by atoms with van der Waals surface area (Å²) in [5.74, 6) is -0.487. The van der Waals surface area contributed by atoms with Crippen LogP contribution < -0.4 is 5.73 Å². The van der Waals surface area contributed by atoms with E-state index in [1.54, 1.807) is 22.7 Å². The third-order valence-corrected chi connectivity index (χ3v) is 2.68. The Morgan fingerprint density at radius 2 is 2.06 bits per heavy atom. The summed E-state index contributed by atoms with van der Waals surface area (Å²) in [4.78, 5) is 19.9. The van der Waals surface area contributed by atoms with Crippen LogP contribution in [-0.2, 0) is 0 Å². The van der Waals surface area contributed by atoms with E-state index in [-0.39, 0.29) is 0 Å². The average Bonchev–Trinajstić information content (AvgIpc) is 2.83. The van der Waals surface area contributed by atoms with Gasteiger partial charge in [-0.3, -0.25) is 9.78 Å². The van der Waals surface area contributed by atoms with Crippen molar-refractivity contribution in [1.29, 1.82) is 0 Å². The number of amides is 1. The summed E-state index contributed by atoms with van der Waals surface area (Å²) < 4.78 is 1.77. The van der Waals surface area contributed by atoms with Crippen molar-refractivity contribution in [2.75, 3.05) is 0 Å². The molecule has 3 heterocycles. The molecule has 0 aliphatic heterocycles. The Kier molecular flexibility index (Phi) is 2.30. The average molecular weight is 238 g/mol. The van der Waals surface area contributed by atoms with Crippen molar-refractivity contribution >= 4 is 11.6 Å². The molecule has 0 saturated heterocycles. The van der Waals surface area contributed by atoms with Crippen LogP contribution >= 0.6 is 0 Å². The van der Waals surface area contributed by atoms with Crippen molar-refractivity contribution in [3.05, 3.63) is 54.5 Å². The fourth-order valence-electron chi connectivity index (χ4n) is 1.84.